The SMILES string of the molecule is Cc1ccccc1C(C)NC(=O)NCC1COc2ccccc2O1. The zero-order chi connectivity index (χ0) is 16.9. The van der Waals surface area contributed by atoms with E-state index in [1.54, 1.807) is 0 Å². The standard InChI is InChI=1S/C19H22N2O3/c1-13-7-3-4-8-16(13)14(2)21-19(22)20-11-15-12-23-17-9-5-6-10-18(17)24-15/h3-10,14-15H,11-12H2,1-2H3,(H2,20,21,22). The molecule has 2 unspecified atom stereocenters. The Kier molecular flexibility index (Phi) is 4.89. The van der Waals surface area contributed by atoms with Gasteiger partial charge in [-0.3, -0.25) is 0 Å². The summed E-state index contributed by atoms with van der Waals surface area (Å²) in [5.41, 5.74) is 2.27. The number of amides is 2. The molecule has 2 atom stereocenters. The Morgan fingerprint density at radius 1 is 1.17 bits per heavy atom. The summed E-state index contributed by atoms with van der Waals surface area (Å²) in [6, 6.07) is 15.3. The zero-order valence-corrected chi connectivity index (χ0v) is 13.9. The van der Waals surface area contributed by atoms with E-state index in [9.17, 15) is 4.79 Å². The minimum Gasteiger partial charge on any atom is -0.486 e. The number of nitrogens with one attached hydrogen (secondary N) is 2. The lowest BCUT2D eigenvalue weighted by Crippen LogP contribution is -2.45. The number of benzene rings is 2. The maximum atomic E-state index is 12.1. The normalized spacial score (nSPS) is 17.0. The van der Waals surface area contributed by atoms with Gasteiger partial charge in [0, 0.05) is 0 Å². The van der Waals surface area contributed by atoms with Crippen LogP contribution in [0.3, 0.4) is 0 Å². The first-order valence-corrected chi connectivity index (χ1v) is 8.12. The number of aryl methyl sites for hydroxylation is 1. The first-order valence-electron chi connectivity index (χ1n) is 8.12. The molecule has 2 aromatic rings. The summed E-state index contributed by atoms with van der Waals surface area (Å²) in [4.78, 5) is 12.1. The molecule has 5 nitrogen and oxygen atoms in total. The molecular weight excluding hydrogens is 304 g/mol. The number of ether oxygens (including phenoxy) is 2. The topological polar surface area (TPSA) is 59.6 Å². The monoisotopic (exact) mass is 326 g/mol. The van der Waals surface area contributed by atoms with Crippen LogP contribution in [-0.2, 0) is 0 Å². The third kappa shape index (κ3) is 3.79. The molecule has 3 rings (SSSR count). The molecule has 126 valence electrons. The molecule has 0 radical (unpaired) electrons. The van der Waals surface area contributed by atoms with E-state index in [4.69, 9.17) is 9.47 Å². The molecule has 0 saturated heterocycles. The molecule has 1 heterocycles. The number of carbonyl (C=O) groups is 1. The highest BCUT2D eigenvalue weighted by Gasteiger charge is 2.21. The van der Waals surface area contributed by atoms with Gasteiger partial charge in [0.15, 0.2) is 17.6 Å². The zero-order valence-electron chi connectivity index (χ0n) is 13.9. The minimum atomic E-state index is -0.215. The number of fused-ring (bicyclic) bond motifs is 1. The smallest absolute Gasteiger partial charge is 0.315 e. The average molecular weight is 326 g/mol. The van der Waals surface area contributed by atoms with Crippen LogP contribution in [0.15, 0.2) is 48.5 Å². The Bertz CT molecular complexity index is 717. The van der Waals surface area contributed by atoms with Gasteiger partial charge in [0.1, 0.15) is 6.61 Å². The highest BCUT2D eigenvalue weighted by atomic mass is 16.6. The van der Waals surface area contributed by atoms with Crippen LogP contribution in [0, 0.1) is 6.92 Å². The summed E-state index contributed by atoms with van der Waals surface area (Å²) in [6.45, 7) is 4.82. The van der Waals surface area contributed by atoms with Crippen molar-refractivity contribution in [2.75, 3.05) is 13.2 Å². The van der Waals surface area contributed by atoms with Gasteiger partial charge in [-0.25, -0.2) is 4.79 Å². The van der Waals surface area contributed by atoms with E-state index >= 15 is 0 Å². The van der Waals surface area contributed by atoms with Crippen molar-refractivity contribution in [3.63, 3.8) is 0 Å². The molecule has 0 spiro atoms. The van der Waals surface area contributed by atoms with Crippen molar-refractivity contribution in [2.24, 2.45) is 0 Å². The lowest BCUT2D eigenvalue weighted by atomic mass is 10.0. The van der Waals surface area contributed by atoms with Crippen molar-refractivity contribution in [1.82, 2.24) is 10.6 Å². The maximum Gasteiger partial charge on any atom is 0.315 e. The molecule has 2 N–H and O–H groups in total. The van der Waals surface area contributed by atoms with Gasteiger partial charge in [-0.1, -0.05) is 36.4 Å². The van der Waals surface area contributed by atoms with Crippen LogP contribution in [0.4, 0.5) is 4.79 Å². The molecule has 0 saturated carbocycles. The second kappa shape index (κ2) is 7.25. The van der Waals surface area contributed by atoms with Crippen LogP contribution < -0.4 is 20.1 Å². The van der Waals surface area contributed by atoms with Crippen molar-refractivity contribution in [3.8, 4) is 11.5 Å². The summed E-state index contributed by atoms with van der Waals surface area (Å²) in [5.74, 6) is 1.45. The van der Waals surface area contributed by atoms with E-state index in [0.717, 1.165) is 16.9 Å². The van der Waals surface area contributed by atoms with Crippen LogP contribution in [0.2, 0.25) is 0 Å². The predicted octanol–water partition coefficient (Wildman–Crippen LogP) is 3.20. The van der Waals surface area contributed by atoms with Crippen LogP contribution in [0.5, 0.6) is 11.5 Å². The summed E-state index contributed by atoms with van der Waals surface area (Å²) in [7, 11) is 0. The second-order valence-electron chi connectivity index (χ2n) is 5.93. The third-order valence-electron chi connectivity index (χ3n) is 4.06. The first kappa shape index (κ1) is 16.2. The van der Waals surface area contributed by atoms with E-state index in [0.29, 0.717) is 18.9 Å². The van der Waals surface area contributed by atoms with Crippen LogP contribution in [0.1, 0.15) is 24.1 Å². The number of hydrogen-bond acceptors (Lipinski definition) is 3. The molecular formula is C19H22N2O3. The van der Waals surface area contributed by atoms with Crippen molar-refractivity contribution in [3.05, 3.63) is 59.7 Å². The van der Waals surface area contributed by atoms with Gasteiger partial charge in [0.05, 0.1) is 12.6 Å². The Hall–Kier alpha value is -2.69. The number of carbonyl (C=O) groups excluding carboxylic acids is 1. The number of urea groups is 1. The molecule has 0 bridgehead atoms. The van der Waals surface area contributed by atoms with Gasteiger partial charge in [0.25, 0.3) is 0 Å². The largest absolute Gasteiger partial charge is 0.486 e. The highest BCUT2D eigenvalue weighted by molar-refractivity contribution is 5.74. The second-order valence-corrected chi connectivity index (χ2v) is 5.93. The fourth-order valence-electron chi connectivity index (χ4n) is 2.77. The predicted molar refractivity (Wildman–Crippen MR) is 92.5 cm³/mol. The lowest BCUT2D eigenvalue weighted by Gasteiger charge is -2.26. The molecule has 0 fully saturated rings. The Labute approximate surface area is 142 Å². The van der Waals surface area contributed by atoms with Crippen molar-refractivity contribution in [2.45, 2.75) is 26.0 Å². The van der Waals surface area contributed by atoms with Crippen molar-refractivity contribution in [1.29, 1.82) is 0 Å². The van der Waals surface area contributed by atoms with Crippen molar-refractivity contribution >= 4 is 6.03 Å². The fraction of sp³-hybridized carbons (Fsp3) is 0.316. The molecule has 1 aliphatic heterocycles. The van der Waals surface area contributed by atoms with E-state index in [2.05, 4.69) is 10.6 Å². The van der Waals surface area contributed by atoms with Crippen LogP contribution >= 0.6 is 0 Å². The Morgan fingerprint density at radius 3 is 2.67 bits per heavy atom. The van der Waals surface area contributed by atoms with Gasteiger partial charge in [0.2, 0.25) is 0 Å². The van der Waals surface area contributed by atoms with Crippen LogP contribution in [-0.4, -0.2) is 25.3 Å². The molecule has 0 aromatic heterocycles. The van der Waals surface area contributed by atoms with Gasteiger partial charge in [-0.05, 0) is 37.1 Å². The van der Waals surface area contributed by atoms with Crippen molar-refractivity contribution < 1.29 is 14.3 Å². The Balaban J connectivity index is 1.49. The molecule has 24 heavy (non-hydrogen) atoms. The summed E-state index contributed by atoms with van der Waals surface area (Å²) < 4.78 is 11.5. The number of rotatable bonds is 4. The quantitative estimate of drug-likeness (QED) is 0.907. The van der Waals surface area contributed by atoms with E-state index in [1.165, 1.54) is 0 Å². The molecule has 0 aliphatic carbocycles. The highest BCUT2D eigenvalue weighted by Crippen LogP contribution is 2.30. The van der Waals surface area contributed by atoms with Gasteiger partial charge in [-0.15, -0.1) is 0 Å². The van der Waals surface area contributed by atoms with Gasteiger partial charge >= 0.3 is 6.03 Å². The summed E-state index contributed by atoms with van der Waals surface area (Å²) in [5, 5.41) is 5.80. The first-order chi connectivity index (χ1) is 11.6. The molecule has 2 amide bonds. The van der Waals surface area contributed by atoms with E-state index in [-0.39, 0.29) is 18.2 Å². The van der Waals surface area contributed by atoms with Crippen LogP contribution in [0.25, 0.3) is 0 Å². The molecule has 5 heteroatoms. The third-order valence-corrected chi connectivity index (χ3v) is 4.06. The Morgan fingerprint density at radius 2 is 1.88 bits per heavy atom. The lowest BCUT2D eigenvalue weighted by molar-refractivity contribution is 0.0917. The number of hydrogen-bond donors (Lipinski definition) is 2. The number of para-hydroxylation sites is 2. The van der Waals surface area contributed by atoms with Gasteiger partial charge in [-0.2, -0.15) is 0 Å². The summed E-state index contributed by atoms with van der Waals surface area (Å²) >= 11 is 0. The fourth-order valence-corrected chi connectivity index (χ4v) is 2.77. The van der Waals surface area contributed by atoms with Gasteiger partial charge < -0.3 is 20.1 Å². The minimum absolute atomic E-state index is 0.0598. The molecule has 2 aromatic carbocycles. The van der Waals surface area contributed by atoms with E-state index in [1.807, 2.05) is 62.4 Å². The molecule has 1 aliphatic rings. The van der Waals surface area contributed by atoms with E-state index < -0.39 is 0 Å². The average Bonchev–Trinajstić information content (AvgIpc) is 2.60. The summed E-state index contributed by atoms with van der Waals surface area (Å²) in [6.07, 6.45) is -0.195. The maximum absolute atomic E-state index is 12.1.